The van der Waals surface area contributed by atoms with Gasteiger partial charge >= 0.3 is 0 Å². The van der Waals surface area contributed by atoms with Gasteiger partial charge in [-0.3, -0.25) is 4.79 Å². The molecule has 0 radical (unpaired) electrons. The fraction of sp³-hybridized carbons (Fsp3) is 0.909. The molecule has 0 aliphatic heterocycles. The first kappa shape index (κ1) is 10.6. The molecule has 76 valence electrons. The van der Waals surface area contributed by atoms with Crippen molar-refractivity contribution in [1.29, 1.82) is 0 Å². The van der Waals surface area contributed by atoms with Crippen LogP contribution in [0.15, 0.2) is 0 Å². The summed E-state index contributed by atoms with van der Waals surface area (Å²) in [5.74, 6) is 0.844. The molecule has 1 rings (SSSR count). The Labute approximate surface area is 81.1 Å². The molecule has 0 unspecified atom stereocenters. The number of nitrogens with one attached hydrogen (secondary N) is 1. The third-order valence-electron chi connectivity index (χ3n) is 3.07. The Hall–Kier alpha value is -0.530. The van der Waals surface area contributed by atoms with Crippen LogP contribution in [0.1, 0.15) is 52.4 Å². The Kier molecular flexibility index (Phi) is 4.26. The Bertz CT molecular complexity index is 167. The van der Waals surface area contributed by atoms with E-state index in [-0.39, 0.29) is 5.91 Å². The van der Waals surface area contributed by atoms with Crippen molar-refractivity contribution in [2.75, 3.05) is 0 Å². The third kappa shape index (κ3) is 3.37. The van der Waals surface area contributed by atoms with Crippen LogP contribution < -0.4 is 5.32 Å². The lowest BCUT2D eigenvalue weighted by Gasteiger charge is -2.24. The van der Waals surface area contributed by atoms with E-state index in [1.54, 1.807) is 6.92 Å². The minimum atomic E-state index is 0.130. The second-order valence-corrected chi connectivity index (χ2v) is 4.11. The van der Waals surface area contributed by atoms with Gasteiger partial charge in [0, 0.05) is 13.0 Å². The second kappa shape index (κ2) is 5.25. The van der Waals surface area contributed by atoms with Gasteiger partial charge in [0.05, 0.1) is 0 Å². The monoisotopic (exact) mass is 183 g/mol. The number of hydrogen-bond donors (Lipinski definition) is 1. The summed E-state index contributed by atoms with van der Waals surface area (Å²) in [7, 11) is 0. The molecule has 1 N–H and O–H groups in total. The normalized spacial score (nSPS) is 29.4. The van der Waals surface area contributed by atoms with Crippen LogP contribution in [0.2, 0.25) is 0 Å². The van der Waals surface area contributed by atoms with Gasteiger partial charge in [0.1, 0.15) is 0 Å². The molecule has 0 heterocycles. The summed E-state index contributed by atoms with van der Waals surface area (Å²) in [6.45, 7) is 3.85. The predicted octanol–water partition coefficient (Wildman–Crippen LogP) is 2.48. The molecule has 13 heavy (non-hydrogen) atoms. The minimum Gasteiger partial charge on any atom is -0.353 e. The Balaban J connectivity index is 2.48. The maximum absolute atomic E-state index is 11.0. The maximum Gasteiger partial charge on any atom is 0.217 e. The summed E-state index contributed by atoms with van der Waals surface area (Å²) in [4.78, 5) is 11.0. The van der Waals surface area contributed by atoms with Crippen LogP contribution in [0.25, 0.3) is 0 Å². The topological polar surface area (TPSA) is 29.1 Å². The SMILES string of the molecule is CC[C@@H]1CCCCC[C@H]1NC(C)=O. The summed E-state index contributed by atoms with van der Waals surface area (Å²) in [6, 6.07) is 0.449. The zero-order chi connectivity index (χ0) is 9.68. The van der Waals surface area contributed by atoms with Crippen molar-refractivity contribution in [2.45, 2.75) is 58.4 Å². The van der Waals surface area contributed by atoms with E-state index in [2.05, 4.69) is 12.2 Å². The Morgan fingerprint density at radius 2 is 2.00 bits per heavy atom. The van der Waals surface area contributed by atoms with Gasteiger partial charge < -0.3 is 5.32 Å². The second-order valence-electron chi connectivity index (χ2n) is 4.11. The van der Waals surface area contributed by atoms with Crippen molar-refractivity contribution in [1.82, 2.24) is 5.32 Å². The average Bonchev–Trinajstić information content (AvgIpc) is 2.28. The molecule has 1 saturated carbocycles. The summed E-state index contributed by atoms with van der Waals surface area (Å²) in [5.41, 5.74) is 0. The van der Waals surface area contributed by atoms with Crippen LogP contribution >= 0.6 is 0 Å². The van der Waals surface area contributed by atoms with Crippen molar-refractivity contribution in [3.05, 3.63) is 0 Å². The first-order valence-corrected chi connectivity index (χ1v) is 5.51. The number of rotatable bonds is 2. The van der Waals surface area contributed by atoms with Crippen molar-refractivity contribution < 1.29 is 4.79 Å². The Morgan fingerprint density at radius 1 is 1.31 bits per heavy atom. The van der Waals surface area contributed by atoms with Gasteiger partial charge in [0.25, 0.3) is 0 Å². The number of hydrogen-bond acceptors (Lipinski definition) is 1. The van der Waals surface area contributed by atoms with Crippen LogP contribution in [0.5, 0.6) is 0 Å². The number of carbonyl (C=O) groups is 1. The first-order valence-electron chi connectivity index (χ1n) is 5.51. The van der Waals surface area contributed by atoms with Crippen LogP contribution in [0, 0.1) is 5.92 Å². The van der Waals surface area contributed by atoms with Crippen molar-refractivity contribution in [2.24, 2.45) is 5.92 Å². The predicted molar refractivity (Wildman–Crippen MR) is 54.5 cm³/mol. The van der Waals surface area contributed by atoms with E-state index in [4.69, 9.17) is 0 Å². The highest BCUT2D eigenvalue weighted by molar-refractivity contribution is 5.73. The van der Waals surface area contributed by atoms with Gasteiger partial charge in [0.15, 0.2) is 0 Å². The van der Waals surface area contributed by atoms with Gasteiger partial charge in [-0.2, -0.15) is 0 Å². The van der Waals surface area contributed by atoms with Crippen LogP contribution in [-0.4, -0.2) is 11.9 Å². The van der Waals surface area contributed by atoms with E-state index in [9.17, 15) is 4.79 Å². The first-order chi connectivity index (χ1) is 6.24. The summed E-state index contributed by atoms with van der Waals surface area (Å²) < 4.78 is 0. The number of amides is 1. The zero-order valence-electron chi connectivity index (χ0n) is 8.81. The molecule has 0 aromatic rings. The molecule has 0 aromatic heterocycles. The van der Waals surface area contributed by atoms with Gasteiger partial charge in [-0.1, -0.05) is 32.6 Å². The fourth-order valence-electron chi connectivity index (χ4n) is 2.32. The molecule has 0 bridgehead atoms. The van der Waals surface area contributed by atoms with E-state index in [0.29, 0.717) is 12.0 Å². The molecule has 0 saturated heterocycles. The quantitative estimate of drug-likeness (QED) is 0.655. The highest BCUT2D eigenvalue weighted by Crippen LogP contribution is 2.25. The smallest absolute Gasteiger partial charge is 0.217 e. The molecule has 0 aromatic carbocycles. The van der Waals surface area contributed by atoms with Crippen LogP contribution in [-0.2, 0) is 4.79 Å². The largest absolute Gasteiger partial charge is 0.353 e. The zero-order valence-corrected chi connectivity index (χ0v) is 8.81. The summed E-state index contributed by atoms with van der Waals surface area (Å²) in [6.07, 6.45) is 7.63. The van der Waals surface area contributed by atoms with E-state index in [1.165, 1.54) is 38.5 Å². The number of carbonyl (C=O) groups excluding carboxylic acids is 1. The average molecular weight is 183 g/mol. The summed E-state index contributed by atoms with van der Waals surface area (Å²) in [5, 5.41) is 3.08. The standard InChI is InChI=1S/C11H21NO/c1-3-10-7-5-4-6-8-11(10)12-9(2)13/h10-11H,3-8H2,1-2H3,(H,12,13)/t10-,11-/m1/s1. The third-order valence-corrected chi connectivity index (χ3v) is 3.07. The molecule has 1 amide bonds. The van der Waals surface area contributed by atoms with Gasteiger partial charge in [0.2, 0.25) is 5.91 Å². The minimum absolute atomic E-state index is 0.130. The molecule has 0 spiro atoms. The highest BCUT2D eigenvalue weighted by atomic mass is 16.1. The highest BCUT2D eigenvalue weighted by Gasteiger charge is 2.22. The van der Waals surface area contributed by atoms with Gasteiger partial charge in [-0.05, 0) is 18.8 Å². The van der Waals surface area contributed by atoms with E-state index < -0.39 is 0 Å². The van der Waals surface area contributed by atoms with Gasteiger partial charge in [-0.15, -0.1) is 0 Å². The molecule has 1 aliphatic rings. The summed E-state index contributed by atoms with van der Waals surface area (Å²) >= 11 is 0. The molecular weight excluding hydrogens is 162 g/mol. The van der Waals surface area contributed by atoms with Crippen molar-refractivity contribution in [3.63, 3.8) is 0 Å². The van der Waals surface area contributed by atoms with Crippen molar-refractivity contribution >= 4 is 5.91 Å². The molecule has 1 fully saturated rings. The molecule has 1 aliphatic carbocycles. The maximum atomic E-state index is 11.0. The molecule has 2 nitrogen and oxygen atoms in total. The van der Waals surface area contributed by atoms with Crippen LogP contribution in [0.3, 0.4) is 0 Å². The molecule has 2 heteroatoms. The fourth-order valence-corrected chi connectivity index (χ4v) is 2.32. The molecule has 2 atom stereocenters. The lowest BCUT2D eigenvalue weighted by Crippen LogP contribution is -2.38. The van der Waals surface area contributed by atoms with Crippen molar-refractivity contribution in [3.8, 4) is 0 Å². The Morgan fingerprint density at radius 3 is 2.62 bits per heavy atom. The van der Waals surface area contributed by atoms with E-state index >= 15 is 0 Å². The lowest BCUT2D eigenvalue weighted by molar-refractivity contribution is -0.120. The van der Waals surface area contributed by atoms with Crippen LogP contribution in [0.4, 0.5) is 0 Å². The molecular formula is C11H21NO. The van der Waals surface area contributed by atoms with E-state index in [0.717, 1.165) is 0 Å². The van der Waals surface area contributed by atoms with E-state index in [1.807, 2.05) is 0 Å². The lowest BCUT2D eigenvalue weighted by atomic mass is 9.92. The van der Waals surface area contributed by atoms with Gasteiger partial charge in [-0.25, -0.2) is 0 Å².